The van der Waals surface area contributed by atoms with Gasteiger partial charge in [-0.2, -0.15) is 0 Å². The van der Waals surface area contributed by atoms with Crippen molar-refractivity contribution in [3.63, 3.8) is 0 Å². The zero-order valence-electron chi connectivity index (χ0n) is 10.9. The van der Waals surface area contributed by atoms with Gasteiger partial charge in [0.25, 0.3) is 5.91 Å². The maximum absolute atomic E-state index is 13.2. The largest absolute Gasteiger partial charge is 0.496 e. The first-order valence-electron chi connectivity index (χ1n) is 5.81. The second-order valence-electron chi connectivity index (χ2n) is 4.16. The molecule has 2 rings (SSSR count). The van der Waals surface area contributed by atoms with E-state index in [2.05, 4.69) is 21.2 Å². The summed E-state index contributed by atoms with van der Waals surface area (Å²) in [6, 6.07) is 6.98. The molecule has 0 saturated heterocycles. The van der Waals surface area contributed by atoms with Gasteiger partial charge in [-0.05, 0) is 40.2 Å². The number of amides is 1. The first-order valence-corrected chi connectivity index (χ1v) is 6.99. The van der Waals surface area contributed by atoms with Crippen molar-refractivity contribution in [1.82, 2.24) is 0 Å². The highest BCUT2D eigenvalue weighted by Gasteiger charge is 2.16. The van der Waals surface area contributed by atoms with E-state index in [4.69, 9.17) is 22.1 Å². The lowest BCUT2D eigenvalue weighted by molar-refractivity contribution is 0.102. The summed E-state index contributed by atoms with van der Waals surface area (Å²) in [5, 5.41) is 2.70. The molecule has 0 fully saturated rings. The van der Waals surface area contributed by atoms with Gasteiger partial charge in [0.15, 0.2) is 0 Å². The summed E-state index contributed by atoms with van der Waals surface area (Å²) < 4.78 is 18.6. The molecule has 3 N–H and O–H groups in total. The smallest absolute Gasteiger partial charge is 0.259 e. The first kappa shape index (κ1) is 15.6. The number of hydrogen-bond donors (Lipinski definition) is 2. The van der Waals surface area contributed by atoms with Crippen LogP contribution in [-0.4, -0.2) is 13.0 Å². The van der Waals surface area contributed by atoms with Crippen LogP contribution in [0, 0.1) is 5.82 Å². The molecule has 0 unspecified atom stereocenters. The third-order valence-corrected chi connectivity index (χ3v) is 3.64. The Hall–Kier alpha value is -1.79. The highest BCUT2D eigenvalue weighted by molar-refractivity contribution is 9.10. The molecule has 0 aromatic heterocycles. The van der Waals surface area contributed by atoms with Crippen LogP contribution in [0.2, 0.25) is 5.02 Å². The van der Waals surface area contributed by atoms with Crippen molar-refractivity contribution in [1.29, 1.82) is 0 Å². The van der Waals surface area contributed by atoms with Crippen LogP contribution in [0.25, 0.3) is 0 Å². The summed E-state index contributed by atoms with van der Waals surface area (Å²) in [4.78, 5) is 12.3. The third-order valence-electron chi connectivity index (χ3n) is 2.72. The summed E-state index contributed by atoms with van der Waals surface area (Å²) in [5.41, 5.74) is 6.69. The minimum Gasteiger partial charge on any atom is -0.496 e. The number of carbonyl (C=O) groups excluding carboxylic acids is 1. The van der Waals surface area contributed by atoms with Gasteiger partial charge >= 0.3 is 0 Å². The Balaban J connectivity index is 2.35. The van der Waals surface area contributed by atoms with Crippen molar-refractivity contribution in [2.24, 2.45) is 0 Å². The van der Waals surface area contributed by atoms with Crippen LogP contribution in [0.15, 0.2) is 34.8 Å². The van der Waals surface area contributed by atoms with Crippen LogP contribution in [0.5, 0.6) is 5.75 Å². The number of nitrogens with one attached hydrogen (secondary N) is 1. The van der Waals surface area contributed by atoms with Crippen LogP contribution in [0.1, 0.15) is 10.4 Å². The molecule has 0 radical (unpaired) electrons. The number of nitrogens with two attached hydrogens (primary N) is 1. The van der Waals surface area contributed by atoms with Crippen molar-refractivity contribution in [3.8, 4) is 5.75 Å². The molecule has 0 aliphatic rings. The number of benzene rings is 2. The van der Waals surface area contributed by atoms with Crippen molar-refractivity contribution in [2.75, 3.05) is 18.2 Å². The second kappa shape index (κ2) is 6.32. The molecule has 0 aliphatic heterocycles. The van der Waals surface area contributed by atoms with E-state index in [-0.39, 0.29) is 10.7 Å². The highest BCUT2D eigenvalue weighted by atomic mass is 79.9. The number of carbonyl (C=O) groups is 1. The minimum atomic E-state index is -0.505. The van der Waals surface area contributed by atoms with Crippen LogP contribution in [0.4, 0.5) is 15.8 Å². The normalized spacial score (nSPS) is 10.3. The predicted octanol–water partition coefficient (Wildman–Crippen LogP) is 4.08. The minimum absolute atomic E-state index is 0.0876. The molecular weight excluding hydrogens is 363 g/mol. The summed E-state index contributed by atoms with van der Waals surface area (Å²) in [7, 11) is 1.44. The lowest BCUT2D eigenvalue weighted by Crippen LogP contribution is -2.14. The second-order valence-corrected chi connectivity index (χ2v) is 5.42. The lowest BCUT2D eigenvalue weighted by Gasteiger charge is -2.12. The van der Waals surface area contributed by atoms with Gasteiger partial charge in [0.2, 0.25) is 0 Å². The monoisotopic (exact) mass is 372 g/mol. The Labute approximate surface area is 134 Å². The predicted molar refractivity (Wildman–Crippen MR) is 84.5 cm³/mol. The number of nitrogen functional groups attached to an aromatic ring is 1. The molecule has 0 saturated carbocycles. The molecule has 110 valence electrons. The highest BCUT2D eigenvalue weighted by Crippen LogP contribution is 2.33. The zero-order valence-corrected chi connectivity index (χ0v) is 13.3. The van der Waals surface area contributed by atoms with Crippen LogP contribution in [-0.2, 0) is 0 Å². The Bertz CT molecular complexity index is 686. The van der Waals surface area contributed by atoms with E-state index in [9.17, 15) is 9.18 Å². The molecule has 1 amide bonds. The summed E-state index contributed by atoms with van der Waals surface area (Å²) in [6.45, 7) is 0. The maximum atomic E-state index is 13.2. The Kier molecular flexibility index (Phi) is 4.69. The molecule has 2 aromatic carbocycles. The van der Waals surface area contributed by atoms with E-state index >= 15 is 0 Å². The van der Waals surface area contributed by atoms with Gasteiger partial charge in [0.1, 0.15) is 11.6 Å². The summed E-state index contributed by atoms with van der Waals surface area (Å²) >= 11 is 9.09. The number of methoxy groups -OCH3 is 1. The fraction of sp³-hybridized carbons (Fsp3) is 0.0714. The topological polar surface area (TPSA) is 64.3 Å². The van der Waals surface area contributed by atoms with Gasteiger partial charge in [-0.1, -0.05) is 11.6 Å². The molecule has 21 heavy (non-hydrogen) atoms. The molecule has 4 nitrogen and oxygen atoms in total. The fourth-order valence-electron chi connectivity index (χ4n) is 1.74. The molecule has 0 aliphatic carbocycles. The average molecular weight is 374 g/mol. The van der Waals surface area contributed by atoms with Gasteiger partial charge in [0, 0.05) is 16.2 Å². The number of halogens is 3. The molecule has 7 heteroatoms. The average Bonchev–Trinajstić information content (AvgIpc) is 2.42. The maximum Gasteiger partial charge on any atom is 0.259 e. The van der Waals surface area contributed by atoms with Gasteiger partial charge in [0.05, 0.1) is 23.4 Å². The number of anilines is 2. The quantitative estimate of drug-likeness (QED) is 0.797. The first-order chi connectivity index (χ1) is 9.92. The number of hydrogen-bond acceptors (Lipinski definition) is 3. The lowest BCUT2D eigenvalue weighted by atomic mass is 10.1. The molecule has 2 aromatic rings. The molecule has 0 bridgehead atoms. The standard InChI is InChI=1S/C14H11BrClFN2O2/c1-21-12-6-8(18)2-3-9(12)14(20)19-13-10(15)4-7(17)5-11(13)16/h2-6H,18H2,1H3,(H,19,20). The van der Waals surface area contributed by atoms with E-state index < -0.39 is 11.7 Å². The van der Waals surface area contributed by atoms with Crippen molar-refractivity contribution < 1.29 is 13.9 Å². The fourth-order valence-corrected chi connectivity index (χ4v) is 2.64. The van der Waals surface area contributed by atoms with E-state index in [0.29, 0.717) is 21.5 Å². The number of rotatable bonds is 3. The van der Waals surface area contributed by atoms with Crippen molar-refractivity contribution in [3.05, 3.63) is 51.2 Å². The van der Waals surface area contributed by atoms with Crippen molar-refractivity contribution in [2.45, 2.75) is 0 Å². The van der Waals surface area contributed by atoms with Gasteiger partial charge in [-0.25, -0.2) is 4.39 Å². The van der Waals surface area contributed by atoms with Crippen LogP contribution >= 0.6 is 27.5 Å². The summed E-state index contributed by atoms with van der Waals surface area (Å²) in [5.74, 6) is -0.613. The molecule has 0 spiro atoms. The van der Waals surface area contributed by atoms with Crippen molar-refractivity contribution >= 4 is 44.8 Å². The third kappa shape index (κ3) is 3.46. The Morgan fingerprint density at radius 2 is 2.10 bits per heavy atom. The SMILES string of the molecule is COc1cc(N)ccc1C(=O)Nc1c(Cl)cc(F)cc1Br. The van der Waals surface area contributed by atoms with Gasteiger partial charge < -0.3 is 15.8 Å². The number of ether oxygens (including phenoxy) is 1. The van der Waals surface area contributed by atoms with E-state index in [1.165, 1.54) is 25.3 Å². The van der Waals surface area contributed by atoms with E-state index in [1.54, 1.807) is 6.07 Å². The summed E-state index contributed by atoms with van der Waals surface area (Å²) in [6.07, 6.45) is 0. The molecule has 0 atom stereocenters. The van der Waals surface area contributed by atoms with Gasteiger partial charge in [-0.15, -0.1) is 0 Å². The molecular formula is C14H11BrClFN2O2. The Morgan fingerprint density at radius 3 is 2.71 bits per heavy atom. The molecule has 0 heterocycles. The van der Waals surface area contributed by atoms with E-state index in [1.807, 2.05) is 0 Å². The van der Waals surface area contributed by atoms with Crippen LogP contribution < -0.4 is 15.8 Å². The Morgan fingerprint density at radius 1 is 1.38 bits per heavy atom. The van der Waals surface area contributed by atoms with Gasteiger partial charge in [-0.3, -0.25) is 4.79 Å². The van der Waals surface area contributed by atoms with E-state index in [0.717, 1.165) is 6.07 Å². The zero-order chi connectivity index (χ0) is 15.6. The van der Waals surface area contributed by atoms with Crippen LogP contribution in [0.3, 0.4) is 0 Å².